The van der Waals surface area contributed by atoms with E-state index in [9.17, 15) is 76.5 Å². The van der Waals surface area contributed by atoms with Gasteiger partial charge in [0, 0.05) is 22.5 Å². The Balaban J connectivity index is 1.23. The monoisotopic (exact) mass is 904 g/mol. The quantitative estimate of drug-likeness (QED) is 0.0621. The van der Waals surface area contributed by atoms with Gasteiger partial charge >= 0.3 is 6.03 Å². The van der Waals surface area contributed by atoms with Crippen molar-refractivity contribution in [3.05, 3.63) is 105 Å². The summed E-state index contributed by atoms with van der Waals surface area (Å²) in [7, 11) is -19.9. The largest absolute Gasteiger partial charge is 0.506 e. The molecule has 0 aliphatic heterocycles. The lowest BCUT2D eigenvalue weighted by Gasteiger charge is -2.18. The Kier molecular flexibility index (Phi) is 11.0. The number of Topliss-reactive ketones (excluding diaryl/α,β-unsaturated/α-hetero) is 2. The van der Waals surface area contributed by atoms with Gasteiger partial charge in [-0.3, -0.25) is 38.7 Å². The lowest BCUT2D eigenvalue weighted by atomic mass is 9.94. The van der Waals surface area contributed by atoms with E-state index in [2.05, 4.69) is 31.7 Å². The van der Waals surface area contributed by atoms with Crippen molar-refractivity contribution in [3.8, 4) is 11.5 Å². The Morgan fingerprint density at radius 3 is 1.20 bits per heavy atom. The molecule has 0 radical (unpaired) electrons. The van der Waals surface area contributed by atoms with Gasteiger partial charge in [0.2, 0.25) is 11.6 Å². The molecule has 0 atom stereocenters. The highest BCUT2D eigenvalue weighted by molar-refractivity contribution is 7.91. The van der Waals surface area contributed by atoms with Crippen LogP contribution in [0.4, 0.5) is 27.5 Å². The van der Waals surface area contributed by atoms with Crippen LogP contribution in [-0.2, 0) is 40.5 Å². The number of amides is 2. The van der Waals surface area contributed by atoms with E-state index in [4.69, 9.17) is 0 Å². The number of carbonyl (C=O) groups excluding carboxylic acids is 3. The van der Waals surface area contributed by atoms with Gasteiger partial charge in [-0.1, -0.05) is 0 Å². The van der Waals surface area contributed by atoms with Crippen LogP contribution in [0.2, 0.25) is 0 Å². The number of hydrogen-bond donors (Lipinski definition) is 10. The lowest BCUT2D eigenvalue weighted by molar-refractivity contribution is 0.105. The van der Waals surface area contributed by atoms with Gasteiger partial charge < -0.3 is 20.8 Å². The number of nitrogens with one attached hydrogen (secondary N) is 4. The normalized spacial score (nSPS) is 15.7. The molecule has 4 aromatic carbocycles. The molecule has 2 aliphatic rings. The van der Waals surface area contributed by atoms with E-state index >= 15 is 0 Å². The smallest absolute Gasteiger partial charge is 0.323 e. The average Bonchev–Trinajstić information content (AvgIpc) is 3.13. The predicted molar refractivity (Wildman–Crippen MR) is 211 cm³/mol. The second-order valence-corrected chi connectivity index (χ2v) is 17.9. The van der Waals surface area contributed by atoms with Crippen molar-refractivity contribution in [2.45, 2.75) is 9.79 Å². The number of benzene rings is 4. The van der Waals surface area contributed by atoms with E-state index < -0.39 is 112 Å². The van der Waals surface area contributed by atoms with Crippen LogP contribution in [0.3, 0.4) is 0 Å². The number of aromatic hydroxyl groups is 2. The maximum absolute atomic E-state index is 13.4. The first-order chi connectivity index (χ1) is 27.8. The number of allylic oxidation sites excluding steroid dienone is 2. The zero-order valence-electron chi connectivity index (χ0n) is 29.3. The fourth-order valence-electron chi connectivity index (χ4n) is 5.49. The maximum Gasteiger partial charge on any atom is 0.323 e. The molecule has 0 saturated heterocycles. The summed E-state index contributed by atoms with van der Waals surface area (Å²) in [5.41, 5.74) is 0.783. The fourth-order valence-corrected chi connectivity index (χ4v) is 7.82. The fraction of sp³-hybridized carbons (Fsp3) is 0. The van der Waals surface area contributed by atoms with Crippen molar-refractivity contribution in [2.24, 2.45) is 10.2 Å². The number of anilines is 4. The van der Waals surface area contributed by atoms with Crippen LogP contribution in [0.5, 0.6) is 11.5 Å². The lowest BCUT2D eigenvalue weighted by Crippen LogP contribution is -2.27. The highest BCUT2D eigenvalue weighted by atomic mass is 32.2. The summed E-state index contributed by atoms with van der Waals surface area (Å²) in [4.78, 5) is 36.3. The van der Waals surface area contributed by atoms with Crippen LogP contribution in [0.15, 0.2) is 103 Å². The molecule has 0 aromatic heterocycles. The Morgan fingerprint density at radius 2 is 0.867 bits per heavy atom. The minimum Gasteiger partial charge on any atom is -0.506 e. The van der Waals surface area contributed by atoms with E-state index in [1.165, 1.54) is 12.1 Å². The van der Waals surface area contributed by atoms with Crippen LogP contribution in [-0.4, -0.2) is 91.1 Å². The zero-order valence-corrected chi connectivity index (χ0v) is 32.6. The van der Waals surface area contributed by atoms with Crippen molar-refractivity contribution >= 4 is 104 Å². The van der Waals surface area contributed by atoms with Crippen molar-refractivity contribution in [2.75, 3.05) is 21.5 Å². The van der Waals surface area contributed by atoms with Crippen LogP contribution < -0.4 is 21.5 Å². The third-order valence-electron chi connectivity index (χ3n) is 8.24. The number of ketones is 2. The van der Waals surface area contributed by atoms with Crippen LogP contribution in [0.25, 0.3) is 12.2 Å². The summed E-state index contributed by atoms with van der Waals surface area (Å²) >= 11 is 0. The highest BCUT2D eigenvalue weighted by Crippen LogP contribution is 2.32. The summed E-state index contributed by atoms with van der Waals surface area (Å²) in [6.07, 6.45) is 1.66. The van der Waals surface area contributed by atoms with Crippen LogP contribution >= 0.6 is 0 Å². The van der Waals surface area contributed by atoms with Gasteiger partial charge in [0.05, 0.1) is 21.2 Å². The number of urea groups is 1. The van der Waals surface area contributed by atoms with E-state index in [1.54, 1.807) is 0 Å². The molecule has 27 heteroatoms. The Labute approximate surface area is 337 Å². The average molecular weight is 905 g/mol. The van der Waals surface area contributed by atoms with Crippen LogP contribution in [0.1, 0.15) is 31.8 Å². The molecule has 2 amide bonds. The summed E-state index contributed by atoms with van der Waals surface area (Å²) < 4.78 is 134. The molecule has 10 N–H and O–H groups in total. The number of phenolic OH excluding ortho intramolecular Hbond substituents is 2. The summed E-state index contributed by atoms with van der Waals surface area (Å²) in [5.74, 6) is -3.40. The standard InChI is InChI=1S/C33H24N6O17S4/c40-25-7-3-19(57(45,46)47)13-23(25)36-38-29-27(59(51,52)53)11-15-9-17(1-5-21(15)31(29)42)34-33(44)35-18-2-6-22-16(10-18)12-28(60(54,55)56)30(32(22)43)39-37-24-14-20(58(48,49)50)4-8-26(24)41/h1-14,36-37,40-41H,(H2,34,35,44)(H,45,46,47)(H,48,49,50)(H,51,52,53)(H,54,55,56)/b38-29+,39-30+. The number of carbonyl (C=O) groups is 3. The molecule has 4 aromatic rings. The summed E-state index contributed by atoms with van der Waals surface area (Å²) in [6, 6.07) is 10.9. The number of rotatable bonds is 10. The Hall–Kier alpha value is -6.85. The van der Waals surface area contributed by atoms with Gasteiger partial charge in [-0.25, -0.2) is 4.79 Å². The molecular weight excluding hydrogens is 881 g/mol. The first-order valence-electron chi connectivity index (χ1n) is 15.9. The van der Waals surface area contributed by atoms with Crippen LogP contribution in [0, 0.1) is 0 Å². The van der Waals surface area contributed by atoms with Gasteiger partial charge in [-0.15, -0.1) is 0 Å². The second kappa shape index (κ2) is 15.4. The number of phenols is 2. The molecule has 312 valence electrons. The molecule has 0 saturated carbocycles. The van der Waals surface area contributed by atoms with E-state index in [1.807, 2.05) is 0 Å². The van der Waals surface area contributed by atoms with Gasteiger partial charge in [-0.2, -0.15) is 43.9 Å². The SMILES string of the molecule is O=C(Nc1ccc2c(c1)C=C(S(=O)(=O)O)/C(=N\Nc1cc(S(=O)(=O)O)ccc1O)C2=O)Nc1ccc2c(c1)C=C(S(=O)(=O)O)/C(=N\Nc1cc(S(=O)(=O)O)ccc1O)C2=O. The van der Waals surface area contributed by atoms with Gasteiger partial charge in [0.1, 0.15) is 21.3 Å². The summed E-state index contributed by atoms with van der Waals surface area (Å²) in [5, 5.41) is 32.3. The Bertz CT molecular complexity index is 2970. The molecule has 2 aliphatic carbocycles. The van der Waals surface area contributed by atoms with Crippen molar-refractivity contribution in [1.29, 1.82) is 0 Å². The first-order valence-corrected chi connectivity index (χ1v) is 21.7. The third kappa shape index (κ3) is 9.06. The van der Waals surface area contributed by atoms with E-state index in [-0.39, 0.29) is 33.6 Å². The first kappa shape index (κ1) is 42.7. The molecule has 60 heavy (non-hydrogen) atoms. The number of fused-ring (bicyclic) bond motifs is 2. The molecule has 6 rings (SSSR count). The highest BCUT2D eigenvalue weighted by Gasteiger charge is 2.35. The molecule has 0 spiro atoms. The van der Waals surface area contributed by atoms with E-state index in [0.717, 1.165) is 72.8 Å². The van der Waals surface area contributed by atoms with Gasteiger partial charge in [0.15, 0.2) is 11.4 Å². The van der Waals surface area contributed by atoms with Crippen molar-refractivity contribution in [1.82, 2.24) is 0 Å². The van der Waals surface area contributed by atoms with E-state index in [0.29, 0.717) is 0 Å². The third-order valence-corrected chi connectivity index (χ3v) is 11.7. The minimum atomic E-state index is -5.19. The van der Waals surface area contributed by atoms with Gasteiger partial charge in [0.25, 0.3) is 40.5 Å². The molecular formula is C33H24N6O17S4. The minimum absolute atomic E-state index is 0.0429. The predicted octanol–water partition coefficient (Wildman–Crippen LogP) is 3.02. The Morgan fingerprint density at radius 1 is 0.500 bits per heavy atom. The molecule has 0 fully saturated rings. The van der Waals surface area contributed by atoms with Crippen molar-refractivity contribution < 1.29 is 76.5 Å². The summed E-state index contributed by atoms with van der Waals surface area (Å²) in [6.45, 7) is 0. The maximum atomic E-state index is 13.4. The molecule has 0 bridgehead atoms. The molecule has 23 nitrogen and oxygen atoms in total. The number of hydrazone groups is 2. The molecule has 0 unspecified atom stereocenters. The number of nitrogens with zero attached hydrogens (tertiary/aromatic N) is 2. The van der Waals surface area contributed by atoms with Gasteiger partial charge in [-0.05, 0) is 96.1 Å². The zero-order chi connectivity index (χ0) is 44.1. The number of hydrogen-bond acceptors (Lipinski definition) is 17. The molecule has 0 heterocycles. The van der Waals surface area contributed by atoms with Crippen molar-refractivity contribution in [3.63, 3.8) is 0 Å². The second-order valence-electron chi connectivity index (χ2n) is 12.3. The topological polar surface area (TPSA) is 382 Å².